The van der Waals surface area contributed by atoms with Crippen LogP contribution in [0.1, 0.15) is 26.7 Å². The highest BCUT2D eigenvalue weighted by Gasteiger charge is 2.45. The summed E-state index contributed by atoms with van der Waals surface area (Å²) in [5.74, 6) is -0.383. The molecular weight excluding hydrogens is 214 g/mol. The first kappa shape index (κ1) is 11.8. The van der Waals surface area contributed by atoms with Crippen molar-refractivity contribution in [1.82, 2.24) is 0 Å². The van der Waals surface area contributed by atoms with Crippen molar-refractivity contribution in [3.8, 4) is 0 Å². The van der Waals surface area contributed by atoms with E-state index >= 15 is 0 Å². The zero-order valence-corrected chi connectivity index (χ0v) is 10.2. The largest absolute Gasteiger partial charge is 0.274 e. The number of benzene rings is 1. The molecule has 90 valence electrons. The molecule has 0 radical (unpaired) electrons. The van der Waals surface area contributed by atoms with Crippen molar-refractivity contribution in [2.45, 2.75) is 26.7 Å². The molecule has 2 amide bonds. The summed E-state index contributed by atoms with van der Waals surface area (Å²) in [6.45, 7) is 3.93. The Morgan fingerprint density at radius 3 is 1.82 bits per heavy atom. The zero-order chi connectivity index (χ0) is 12.4. The lowest BCUT2D eigenvalue weighted by atomic mass is 9.91. The highest BCUT2D eigenvalue weighted by atomic mass is 16.2. The predicted molar refractivity (Wildman–Crippen MR) is 66.5 cm³/mol. The molecule has 1 heterocycles. The van der Waals surface area contributed by atoms with Crippen molar-refractivity contribution in [2.75, 3.05) is 4.90 Å². The van der Waals surface area contributed by atoms with E-state index < -0.39 is 0 Å². The quantitative estimate of drug-likeness (QED) is 0.750. The smallest absolute Gasteiger partial charge is 0.237 e. The highest BCUT2D eigenvalue weighted by Crippen LogP contribution is 2.34. The molecule has 1 aromatic rings. The third-order valence-corrected chi connectivity index (χ3v) is 3.45. The molecule has 17 heavy (non-hydrogen) atoms. The van der Waals surface area contributed by atoms with Gasteiger partial charge in [-0.25, -0.2) is 0 Å². The molecule has 0 N–H and O–H groups in total. The minimum atomic E-state index is -0.146. The second-order valence-electron chi connectivity index (χ2n) is 4.38. The van der Waals surface area contributed by atoms with E-state index in [2.05, 4.69) is 0 Å². The summed E-state index contributed by atoms with van der Waals surface area (Å²) < 4.78 is 0. The van der Waals surface area contributed by atoms with Gasteiger partial charge in [-0.3, -0.25) is 14.5 Å². The Kier molecular flexibility index (Phi) is 3.27. The van der Waals surface area contributed by atoms with Crippen LogP contribution in [0.25, 0.3) is 0 Å². The molecule has 2 unspecified atom stereocenters. The standard InChI is InChI=1S/C14H17NO2/c1-3-11-12(4-2)14(17)15(13(11)16)10-8-6-5-7-9-10/h5-9,11-12H,3-4H2,1-2H3. The van der Waals surface area contributed by atoms with Gasteiger partial charge in [0.2, 0.25) is 11.8 Å². The molecule has 3 nitrogen and oxygen atoms in total. The van der Waals surface area contributed by atoms with E-state index in [4.69, 9.17) is 0 Å². The minimum Gasteiger partial charge on any atom is -0.274 e. The molecule has 1 aromatic carbocycles. The van der Waals surface area contributed by atoms with Crippen molar-refractivity contribution >= 4 is 17.5 Å². The lowest BCUT2D eigenvalue weighted by Gasteiger charge is -2.14. The third kappa shape index (κ3) is 1.86. The summed E-state index contributed by atoms with van der Waals surface area (Å²) >= 11 is 0. The number of para-hydroxylation sites is 1. The average Bonchev–Trinajstić information content (AvgIpc) is 2.60. The summed E-state index contributed by atoms with van der Waals surface area (Å²) in [4.78, 5) is 25.8. The van der Waals surface area contributed by atoms with E-state index in [0.29, 0.717) is 5.69 Å². The first-order chi connectivity index (χ1) is 8.20. The van der Waals surface area contributed by atoms with Crippen LogP contribution < -0.4 is 4.90 Å². The number of imide groups is 1. The monoisotopic (exact) mass is 231 g/mol. The van der Waals surface area contributed by atoms with Gasteiger partial charge < -0.3 is 0 Å². The van der Waals surface area contributed by atoms with E-state index in [1.54, 1.807) is 12.1 Å². The average molecular weight is 231 g/mol. The molecular formula is C14H17NO2. The van der Waals surface area contributed by atoms with Crippen LogP contribution in [-0.2, 0) is 9.59 Å². The van der Waals surface area contributed by atoms with Crippen molar-refractivity contribution < 1.29 is 9.59 Å². The fourth-order valence-electron chi connectivity index (χ4n) is 2.53. The third-order valence-electron chi connectivity index (χ3n) is 3.45. The molecule has 3 heteroatoms. The fourth-order valence-corrected chi connectivity index (χ4v) is 2.53. The van der Waals surface area contributed by atoms with Crippen molar-refractivity contribution in [2.24, 2.45) is 11.8 Å². The first-order valence-electron chi connectivity index (χ1n) is 6.13. The van der Waals surface area contributed by atoms with Crippen molar-refractivity contribution in [3.63, 3.8) is 0 Å². The van der Waals surface area contributed by atoms with Crippen LogP contribution in [0.2, 0.25) is 0 Å². The summed E-state index contributed by atoms with van der Waals surface area (Å²) in [7, 11) is 0. The number of amides is 2. The van der Waals surface area contributed by atoms with E-state index in [1.807, 2.05) is 32.0 Å². The van der Waals surface area contributed by atoms with Crippen LogP contribution in [0, 0.1) is 11.8 Å². The predicted octanol–water partition coefficient (Wildman–Crippen LogP) is 2.61. The van der Waals surface area contributed by atoms with Gasteiger partial charge in [0.15, 0.2) is 0 Å². The van der Waals surface area contributed by atoms with Gasteiger partial charge >= 0.3 is 0 Å². The minimum absolute atomic E-state index is 0.0458. The van der Waals surface area contributed by atoms with Crippen LogP contribution in [0.15, 0.2) is 30.3 Å². The topological polar surface area (TPSA) is 37.4 Å². The summed E-state index contributed by atoms with van der Waals surface area (Å²) in [5, 5.41) is 0. The molecule has 1 saturated heterocycles. The number of hydrogen-bond acceptors (Lipinski definition) is 2. The van der Waals surface area contributed by atoms with Gasteiger partial charge in [-0.15, -0.1) is 0 Å². The number of carbonyl (C=O) groups is 2. The van der Waals surface area contributed by atoms with Gasteiger partial charge in [0.1, 0.15) is 0 Å². The maximum Gasteiger partial charge on any atom is 0.237 e. The van der Waals surface area contributed by atoms with Crippen molar-refractivity contribution in [3.05, 3.63) is 30.3 Å². The molecule has 1 aliphatic rings. The van der Waals surface area contributed by atoms with Crippen LogP contribution in [0.4, 0.5) is 5.69 Å². The molecule has 0 aromatic heterocycles. The molecule has 0 aliphatic carbocycles. The SMILES string of the molecule is CCC1C(=O)N(c2ccccc2)C(=O)C1CC. The summed E-state index contributed by atoms with van der Waals surface area (Å²) in [5.41, 5.74) is 0.692. The first-order valence-corrected chi connectivity index (χ1v) is 6.13. The van der Waals surface area contributed by atoms with E-state index in [9.17, 15) is 9.59 Å². The van der Waals surface area contributed by atoms with Crippen LogP contribution in [0.5, 0.6) is 0 Å². The van der Waals surface area contributed by atoms with Gasteiger partial charge in [0.25, 0.3) is 0 Å². The molecule has 2 atom stereocenters. The molecule has 2 rings (SSSR count). The van der Waals surface area contributed by atoms with Gasteiger partial charge in [0, 0.05) is 0 Å². The Bertz CT molecular complexity index is 405. The lowest BCUT2D eigenvalue weighted by Crippen LogP contribution is -2.30. The Morgan fingerprint density at radius 1 is 0.941 bits per heavy atom. The normalized spacial score (nSPS) is 24.5. The van der Waals surface area contributed by atoms with Gasteiger partial charge in [-0.05, 0) is 25.0 Å². The molecule has 0 bridgehead atoms. The maximum atomic E-state index is 12.2. The number of hydrogen-bond donors (Lipinski definition) is 0. The fraction of sp³-hybridized carbons (Fsp3) is 0.429. The lowest BCUT2D eigenvalue weighted by molar-refractivity contribution is -0.122. The van der Waals surface area contributed by atoms with Crippen LogP contribution in [0.3, 0.4) is 0 Å². The highest BCUT2D eigenvalue weighted by molar-refractivity contribution is 6.21. The number of rotatable bonds is 3. The number of nitrogens with zero attached hydrogens (tertiary/aromatic N) is 1. The Labute approximate surface area is 101 Å². The van der Waals surface area contributed by atoms with Crippen LogP contribution in [-0.4, -0.2) is 11.8 Å². The second-order valence-corrected chi connectivity index (χ2v) is 4.38. The van der Waals surface area contributed by atoms with Gasteiger partial charge in [-0.2, -0.15) is 0 Å². The van der Waals surface area contributed by atoms with E-state index in [1.165, 1.54) is 4.90 Å². The molecule has 1 aliphatic heterocycles. The molecule has 1 fully saturated rings. The van der Waals surface area contributed by atoms with Crippen molar-refractivity contribution in [1.29, 1.82) is 0 Å². The second kappa shape index (κ2) is 4.70. The number of carbonyl (C=O) groups excluding carboxylic acids is 2. The molecule has 0 saturated carbocycles. The van der Waals surface area contributed by atoms with E-state index in [0.717, 1.165) is 12.8 Å². The van der Waals surface area contributed by atoms with E-state index in [-0.39, 0.29) is 23.7 Å². The zero-order valence-electron chi connectivity index (χ0n) is 10.2. The maximum absolute atomic E-state index is 12.2. The Morgan fingerprint density at radius 2 is 1.41 bits per heavy atom. The van der Waals surface area contributed by atoms with Gasteiger partial charge in [0.05, 0.1) is 17.5 Å². The number of anilines is 1. The van der Waals surface area contributed by atoms with Crippen LogP contribution >= 0.6 is 0 Å². The summed E-state index contributed by atoms with van der Waals surface area (Å²) in [6.07, 6.45) is 1.46. The Hall–Kier alpha value is -1.64. The van der Waals surface area contributed by atoms with Gasteiger partial charge in [-0.1, -0.05) is 32.0 Å². The summed E-state index contributed by atoms with van der Waals surface area (Å²) in [6, 6.07) is 9.18. The Balaban J connectivity index is 2.37. The molecule has 0 spiro atoms.